The molecular weight excluding hydrogens is 312 g/mol. The van der Waals surface area contributed by atoms with Gasteiger partial charge in [0.15, 0.2) is 5.96 Å². The topological polar surface area (TPSA) is 40.5 Å². The minimum atomic E-state index is 0.448. The molecule has 2 heterocycles. The third-order valence-electron chi connectivity index (χ3n) is 3.31. The quantitative estimate of drug-likeness (QED) is 0.646. The normalized spacial score (nSPS) is 13.2. The molecule has 120 valence electrons. The number of hydrogen-bond acceptors (Lipinski definition) is 4. The van der Waals surface area contributed by atoms with Crippen molar-refractivity contribution in [2.75, 3.05) is 20.1 Å². The number of thiazole rings is 1. The molecule has 6 heteroatoms. The summed E-state index contributed by atoms with van der Waals surface area (Å²) in [4.78, 5) is 12.8. The molecule has 2 rings (SSSR count). The average Bonchev–Trinajstić information content (AvgIpc) is 3.14. The molecule has 0 aliphatic rings. The van der Waals surface area contributed by atoms with E-state index in [-0.39, 0.29) is 0 Å². The van der Waals surface area contributed by atoms with Gasteiger partial charge in [0, 0.05) is 29.8 Å². The van der Waals surface area contributed by atoms with Crippen LogP contribution in [0.4, 0.5) is 0 Å². The Kier molecular flexibility index (Phi) is 6.39. The number of rotatable bonds is 6. The largest absolute Gasteiger partial charge is 0.357 e. The summed E-state index contributed by atoms with van der Waals surface area (Å²) >= 11 is 3.49. The van der Waals surface area contributed by atoms with Crippen molar-refractivity contribution < 1.29 is 0 Å². The van der Waals surface area contributed by atoms with Gasteiger partial charge in [0.1, 0.15) is 0 Å². The van der Waals surface area contributed by atoms with Crippen LogP contribution in [-0.4, -0.2) is 36.0 Å². The highest BCUT2D eigenvalue weighted by Gasteiger charge is 2.10. The second kappa shape index (κ2) is 8.29. The number of aromatic nitrogens is 1. The van der Waals surface area contributed by atoms with Gasteiger partial charge in [0.25, 0.3) is 0 Å². The second-order valence-corrected chi connectivity index (χ2v) is 7.37. The summed E-state index contributed by atoms with van der Waals surface area (Å²) in [5.41, 5.74) is 1.10. The van der Waals surface area contributed by atoms with Crippen LogP contribution < -0.4 is 5.32 Å². The lowest BCUT2D eigenvalue weighted by Crippen LogP contribution is -2.38. The van der Waals surface area contributed by atoms with E-state index in [0.29, 0.717) is 5.92 Å². The first-order valence-corrected chi connectivity index (χ1v) is 9.30. The summed E-state index contributed by atoms with van der Waals surface area (Å²) in [5.74, 6) is 1.39. The summed E-state index contributed by atoms with van der Waals surface area (Å²) < 4.78 is 0. The lowest BCUT2D eigenvalue weighted by molar-refractivity contribution is 0.470. The molecular formula is C16H24N4S2. The minimum absolute atomic E-state index is 0.448. The minimum Gasteiger partial charge on any atom is -0.357 e. The molecule has 2 aromatic heterocycles. The molecule has 0 radical (unpaired) electrons. The van der Waals surface area contributed by atoms with E-state index in [1.54, 1.807) is 22.7 Å². The number of aliphatic imine (C=N–C) groups is 1. The van der Waals surface area contributed by atoms with Gasteiger partial charge in [-0.2, -0.15) is 0 Å². The fourth-order valence-electron chi connectivity index (χ4n) is 2.15. The third kappa shape index (κ3) is 4.81. The fourth-order valence-corrected chi connectivity index (χ4v) is 3.54. The number of guanidine groups is 1. The Hall–Kier alpha value is -1.40. The molecule has 1 atom stereocenters. The maximum Gasteiger partial charge on any atom is 0.194 e. The average molecular weight is 337 g/mol. The first-order valence-electron chi connectivity index (χ1n) is 7.54. The van der Waals surface area contributed by atoms with Crippen molar-refractivity contribution in [2.24, 2.45) is 4.99 Å². The highest BCUT2D eigenvalue weighted by molar-refractivity contribution is 7.10. The summed E-state index contributed by atoms with van der Waals surface area (Å²) in [6.07, 6.45) is 0. The molecule has 0 bridgehead atoms. The van der Waals surface area contributed by atoms with Gasteiger partial charge in [0.05, 0.1) is 23.8 Å². The van der Waals surface area contributed by atoms with Gasteiger partial charge in [-0.15, -0.1) is 22.7 Å². The standard InChI is InChI=1S/C16H24N4S2/c1-5-17-16(18-9-12(2)15-7-6-8-21-15)20(4)10-14-11-22-13(3)19-14/h6-8,11-12H,5,9-10H2,1-4H3,(H,17,18). The van der Waals surface area contributed by atoms with Crippen LogP contribution in [0.1, 0.15) is 35.3 Å². The van der Waals surface area contributed by atoms with Gasteiger partial charge in [-0.05, 0) is 25.3 Å². The zero-order valence-electron chi connectivity index (χ0n) is 13.7. The van der Waals surface area contributed by atoms with Crippen LogP contribution in [0.15, 0.2) is 27.9 Å². The predicted molar refractivity (Wildman–Crippen MR) is 97.0 cm³/mol. The molecule has 0 amide bonds. The number of hydrogen-bond donors (Lipinski definition) is 1. The van der Waals surface area contributed by atoms with E-state index in [2.05, 4.69) is 59.0 Å². The molecule has 2 aromatic rings. The molecule has 0 spiro atoms. The van der Waals surface area contributed by atoms with Crippen molar-refractivity contribution in [2.45, 2.75) is 33.2 Å². The van der Waals surface area contributed by atoms with E-state index in [9.17, 15) is 0 Å². The molecule has 0 aliphatic heterocycles. The Morgan fingerprint density at radius 3 is 2.86 bits per heavy atom. The predicted octanol–water partition coefficient (Wildman–Crippen LogP) is 3.71. The molecule has 0 saturated carbocycles. The lowest BCUT2D eigenvalue weighted by Gasteiger charge is -2.21. The molecule has 1 N–H and O–H groups in total. The molecule has 0 saturated heterocycles. The second-order valence-electron chi connectivity index (χ2n) is 5.33. The fraction of sp³-hybridized carbons (Fsp3) is 0.500. The zero-order chi connectivity index (χ0) is 15.9. The van der Waals surface area contributed by atoms with Crippen LogP contribution in [0.2, 0.25) is 0 Å². The van der Waals surface area contributed by atoms with Crippen LogP contribution in [-0.2, 0) is 6.54 Å². The summed E-state index contributed by atoms with van der Waals surface area (Å²) in [6, 6.07) is 4.28. The Bertz CT molecular complexity index is 589. The van der Waals surface area contributed by atoms with Crippen LogP contribution >= 0.6 is 22.7 Å². The van der Waals surface area contributed by atoms with Gasteiger partial charge in [-0.3, -0.25) is 4.99 Å². The van der Waals surface area contributed by atoms with Crippen LogP contribution in [0.25, 0.3) is 0 Å². The third-order valence-corrected chi connectivity index (χ3v) is 5.23. The molecule has 0 aliphatic carbocycles. The van der Waals surface area contributed by atoms with Crippen molar-refractivity contribution in [3.8, 4) is 0 Å². The number of nitrogens with zero attached hydrogens (tertiary/aromatic N) is 3. The molecule has 0 fully saturated rings. The van der Waals surface area contributed by atoms with Crippen molar-refractivity contribution in [1.29, 1.82) is 0 Å². The first kappa shape index (κ1) is 17.0. The van der Waals surface area contributed by atoms with Crippen molar-refractivity contribution in [3.05, 3.63) is 38.5 Å². The van der Waals surface area contributed by atoms with Crippen molar-refractivity contribution in [3.63, 3.8) is 0 Å². The molecule has 1 unspecified atom stereocenters. The van der Waals surface area contributed by atoms with Crippen LogP contribution in [0.3, 0.4) is 0 Å². The van der Waals surface area contributed by atoms with E-state index in [4.69, 9.17) is 4.99 Å². The Morgan fingerprint density at radius 1 is 1.45 bits per heavy atom. The Balaban J connectivity index is 1.99. The Morgan fingerprint density at radius 2 is 2.27 bits per heavy atom. The van der Waals surface area contributed by atoms with E-state index < -0.39 is 0 Å². The van der Waals surface area contributed by atoms with E-state index in [1.165, 1.54) is 4.88 Å². The smallest absolute Gasteiger partial charge is 0.194 e. The van der Waals surface area contributed by atoms with E-state index >= 15 is 0 Å². The van der Waals surface area contributed by atoms with Crippen molar-refractivity contribution >= 4 is 28.6 Å². The van der Waals surface area contributed by atoms with Crippen LogP contribution in [0.5, 0.6) is 0 Å². The lowest BCUT2D eigenvalue weighted by atomic mass is 10.1. The zero-order valence-corrected chi connectivity index (χ0v) is 15.3. The van der Waals surface area contributed by atoms with Gasteiger partial charge in [0.2, 0.25) is 0 Å². The molecule has 4 nitrogen and oxygen atoms in total. The molecule has 0 aromatic carbocycles. The van der Waals surface area contributed by atoms with Gasteiger partial charge < -0.3 is 10.2 Å². The number of nitrogens with one attached hydrogen (secondary N) is 1. The number of aryl methyl sites for hydroxylation is 1. The number of thiophene rings is 1. The van der Waals surface area contributed by atoms with Gasteiger partial charge in [-0.1, -0.05) is 13.0 Å². The maximum atomic E-state index is 4.79. The van der Waals surface area contributed by atoms with E-state index in [0.717, 1.165) is 36.3 Å². The first-order chi connectivity index (χ1) is 10.6. The summed E-state index contributed by atoms with van der Waals surface area (Å²) in [6.45, 7) is 8.80. The van der Waals surface area contributed by atoms with E-state index in [1.807, 2.05) is 6.92 Å². The maximum absolute atomic E-state index is 4.79. The van der Waals surface area contributed by atoms with Gasteiger partial charge >= 0.3 is 0 Å². The monoisotopic (exact) mass is 336 g/mol. The highest BCUT2D eigenvalue weighted by atomic mass is 32.1. The Labute approximate surface area is 140 Å². The SMILES string of the molecule is CCNC(=NCC(C)c1cccs1)N(C)Cc1csc(C)n1. The highest BCUT2D eigenvalue weighted by Crippen LogP contribution is 2.20. The van der Waals surface area contributed by atoms with Crippen LogP contribution in [0, 0.1) is 6.92 Å². The van der Waals surface area contributed by atoms with Gasteiger partial charge in [-0.25, -0.2) is 4.98 Å². The molecule has 22 heavy (non-hydrogen) atoms. The summed E-state index contributed by atoms with van der Waals surface area (Å²) in [5, 5.41) is 8.71. The summed E-state index contributed by atoms with van der Waals surface area (Å²) in [7, 11) is 2.06. The van der Waals surface area contributed by atoms with Crippen molar-refractivity contribution in [1.82, 2.24) is 15.2 Å².